The molecular weight excluding hydrogens is 272 g/mol. The molecule has 2 heterocycles. The van der Waals surface area contributed by atoms with E-state index >= 15 is 0 Å². The number of rotatable bonds is 4. The van der Waals surface area contributed by atoms with Crippen molar-refractivity contribution in [2.45, 2.75) is 37.8 Å². The maximum Gasteiger partial charge on any atom is 0.0723 e. The van der Waals surface area contributed by atoms with E-state index in [1.54, 1.807) is 12.4 Å². The van der Waals surface area contributed by atoms with Crippen molar-refractivity contribution in [1.29, 1.82) is 0 Å². The largest absolute Gasteiger partial charge is 0.287 e. The smallest absolute Gasteiger partial charge is 0.0723 e. The average Bonchev–Trinajstić information content (AvgIpc) is 2.61. The molecule has 0 radical (unpaired) electrons. The summed E-state index contributed by atoms with van der Waals surface area (Å²) in [7, 11) is 0. The molecule has 3 rings (SSSR count). The highest BCUT2D eigenvalue weighted by Gasteiger charge is 2.23. The zero-order chi connectivity index (χ0) is 15.0. The Morgan fingerprint density at radius 2 is 1.32 bits per heavy atom. The second kappa shape index (κ2) is 7.59. The molecule has 112 valence electrons. The fraction of sp³-hybridized carbons (Fsp3) is 0.333. The van der Waals surface area contributed by atoms with Crippen molar-refractivity contribution in [2.75, 3.05) is 0 Å². The quantitative estimate of drug-likeness (QED) is 0.812. The Bertz CT molecular complexity index is 565. The molecule has 2 atom stereocenters. The number of hydrogen-bond donors (Lipinski definition) is 0. The SMILES string of the molecule is C(=N\C1CCCCC1/N=C/c1cccnc1)/c1cccnc1. The van der Waals surface area contributed by atoms with E-state index in [0.717, 1.165) is 24.0 Å². The van der Waals surface area contributed by atoms with E-state index in [-0.39, 0.29) is 12.1 Å². The van der Waals surface area contributed by atoms with Crippen molar-refractivity contribution < 1.29 is 0 Å². The van der Waals surface area contributed by atoms with Crippen LogP contribution in [0, 0.1) is 0 Å². The lowest BCUT2D eigenvalue weighted by Gasteiger charge is -2.25. The Morgan fingerprint density at radius 1 is 0.818 bits per heavy atom. The van der Waals surface area contributed by atoms with Crippen LogP contribution in [0.15, 0.2) is 59.0 Å². The van der Waals surface area contributed by atoms with Gasteiger partial charge in [-0.15, -0.1) is 0 Å². The second-order valence-corrected chi connectivity index (χ2v) is 5.55. The molecule has 0 aromatic carbocycles. The van der Waals surface area contributed by atoms with E-state index in [2.05, 4.69) is 9.97 Å². The lowest BCUT2D eigenvalue weighted by molar-refractivity contribution is 0.390. The van der Waals surface area contributed by atoms with Gasteiger partial charge < -0.3 is 0 Å². The van der Waals surface area contributed by atoms with Gasteiger partial charge in [-0.3, -0.25) is 20.0 Å². The number of aliphatic imine (C=N–C) groups is 2. The number of hydrogen-bond acceptors (Lipinski definition) is 4. The van der Waals surface area contributed by atoms with Crippen LogP contribution in [-0.4, -0.2) is 34.5 Å². The minimum atomic E-state index is 0.266. The van der Waals surface area contributed by atoms with Crippen LogP contribution >= 0.6 is 0 Å². The van der Waals surface area contributed by atoms with Gasteiger partial charge in [0.15, 0.2) is 0 Å². The van der Waals surface area contributed by atoms with Crippen molar-refractivity contribution in [3.8, 4) is 0 Å². The van der Waals surface area contributed by atoms with E-state index in [4.69, 9.17) is 9.98 Å². The summed E-state index contributed by atoms with van der Waals surface area (Å²) >= 11 is 0. The van der Waals surface area contributed by atoms with Crippen LogP contribution in [0.3, 0.4) is 0 Å². The molecule has 0 bridgehead atoms. The first-order valence-corrected chi connectivity index (χ1v) is 7.78. The Kier molecular flexibility index (Phi) is 5.03. The molecule has 0 saturated heterocycles. The zero-order valence-electron chi connectivity index (χ0n) is 12.5. The molecule has 0 spiro atoms. The summed E-state index contributed by atoms with van der Waals surface area (Å²) in [5.41, 5.74) is 2.09. The molecular formula is C18H20N4. The van der Waals surface area contributed by atoms with Crippen LogP contribution in [0.4, 0.5) is 0 Å². The molecule has 0 amide bonds. The van der Waals surface area contributed by atoms with Crippen LogP contribution < -0.4 is 0 Å². The summed E-state index contributed by atoms with van der Waals surface area (Å²) in [5, 5.41) is 0. The van der Waals surface area contributed by atoms with E-state index in [1.807, 2.05) is 49.1 Å². The summed E-state index contributed by atoms with van der Waals surface area (Å²) in [4.78, 5) is 17.7. The monoisotopic (exact) mass is 292 g/mol. The number of pyridine rings is 2. The van der Waals surface area contributed by atoms with Gasteiger partial charge in [0.05, 0.1) is 12.1 Å². The Hall–Kier alpha value is -2.36. The van der Waals surface area contributed by atoms with Crippen LogP contribution in [0.2, 0.25) is 0 Å². The fourth-order valence-corrected chi connectivity index (χ4v) is 2.71. The number of aromatic nitrogens is 2. The van der Waals surface area contributed by atoms with Crippen molar-refractivity contribution in [3.63, 3.8) is 0 Å². The molecule has 2 aromatic rings. The van der Waals surface area contributed by atoms with Gasteiger partial charge in [-0.05, 0) is 25.0 Å². The molecule has 1 fully saturated rings. The average molecular weight is 292 g/mol. The first kappa shape index (κ1) is 14.6. The lowest BCUT2D eigenvalue weighted by Crippen LogP contribution is -2.27. The van der Waals surface area contributed by atoms with E-state index in [9.17, 15) is 0 Å². The van der Waals surface area contributed by atoms with Crippen LogP contribution in [-0.2, 0) is 0 Å². The summed E-state index contributed by atoms with van der Waals surface area (Å²) in [5.74, 6) is 0. The molecule has 22 heavy (non-hydrogen) atoms. The second-order valence-electron chi connectivity index (χ2n) is 5.55. The summed E-state index contributed by atoms with van der Waals surface area (Å²) in [6, 6.07) is 8.44. The standard InChI is InChI=1S/C18H20N4/c1-2-8-18(22-14-16-6-4-10-20-12-16)17(7-1)21-13-15-5-3-9-19-11-15/h3-6,9-14,17-18H,1-2,7-8H2/b21-13+,22-14+. The van der Waals surface area contributed by atoms with Gasteiger partial charge in [0.1, 0.15) is 0 Å². The van der Waals surface area contributed by atoms with E-state index in [0.29, 0.717) is 0 Å². The topological polar surface area (TPSA) is 50.5 Å². The molecule has 1 aliphatic carbocycles. The van der Waals surface area contributed by atoms with Gasteiger partial charge in [-0.2, -0.15) is 0 Å². The zero-order valence-corrected chi connectivity index (χ0v) is 12.5. The Labute approximate surface area is 131 Å². The predicted octanol–water partition coefficient (Wildman–Crippen LogP) is 3.33. The van der Waals surface area contributed by atoms with Crippen molar-refractivity contribution in [1.82, 2.24) is 9.97 Å². The highest BCUT2D eigenvalue weighted by atomic mass is 14.9. The van der Waals surface area contributed by atoms with Gasteiger partial charge in [0.2, 0.25) is 0 Å². The molecule has 2 aromatic heterocycles. The maximum atomic E-state index is 4.75. The van der Waals surface area contributed by atoms with Gasteiger partial charge in [-0.25, -0.2) is 0 Å². The Balaban J connectivity index is 1.69. The lowest BCUT2D eigenvalue weighted by atomic mass is 9.91. The van der Waals surface area contributed by atoms with Crippen molar-refractivity contribution in [2.24, 2.45) is 9.98 Å². The summed E-state index contributed by atoms with van der Waals surface area (Å²) < 4.78 is 0. The van der Waals surface area contributed by atoms with Gasteiger partial charge in [0, 0.05) is 48.3 Å². The van der Waals surface area contributed by atoms with Crippen molar-refractivity contribution in [3.05, 3.63) is 60.2 Å². The molecule has 1 aliphatic rings. The number of nitrogens with zero attached hydrogens (tertiary/aromatic N) is 4. The highest BCUT2D eigenvalue weighted by Crippen LogP contribution is 2.24. The van der Waals surface area contributed by atoms with E-state index < -0.39 is 0 Å². The third-order valence-electron chi connectivity index (χ3n) is 3.89. The highest BCUT2D eigenvalue weighted by molar-refractivity contribution is 5.80. The van der Waals surface area contributed by atoms with E-state index in [1.165, 1.54) is 12.8 Å². The third kappa shape index (κ3) is 4.07. The maximum absolute atomic E-state index is 4.75. The fourth-order valence-electron chi connectivity index (χ4n) is 2.71. The van der Waals surface area contributed by atoms with Crippen molar-refractivity contribution >= 4 is 12.4 Å². The normalized spacial score (nSPS) is 22.4. The van der Waals surface area contributed by atoms with Crippen LogP contribution in [0.25, 0.3) is 0 Å². The molecule has 4 nitrogen and oxygen atoms in total. The minimum absolute atomic E-state index is 0.266. The van der Waals surface area contributed by atoms with Gasteiger partial charge in [-0.1, -0.05) is 25.0 Å². The third-order valence-corrected chi connectivity index (χ3v) is 3.89. The molecule has 0 N–H and O–H groups in total. The van der Waals surface area contributed by atoms with Crippen LogP contribution in [0.5, 0.6) is 0 Å². The van der Waals surface area contributed by atoms with Crippen LogP contribution in [0.1, 0.15) is 36.8 Å². The molecule has 4 heteroatoms. The summed E-state index contributed by atoms with van der Waals surface area (Å²) in [6.45, 7) is 0. The first-order valence-electron chi connectivity index (χ1n) is 7.78. The predicted molar refractivity (Wildman–Crippen MR) is 89.7 cm³/mol. The molecule has 1 saturated carbocycles. The van der Waals surface area contributed by atoms with Gasteiger partial charge in [0.25, 0.3) is 0 Å². The molecule has 0 aliphatic heterocycles. The minimum Gasteiger partial charge on any atom is -0.287 e. The first-order chi connectivity index (χ1) is 10.9. The van der Waals surface area contributed by atoms with Gasteiger partial charge >= 0.3 is 0 Å². The molecule has 2 unspecified atom stereocenters. The Morgan fingerprint density at radius 3 is 1.73 bits per heavy atom. The summed E-state index contributed by atoms with van der Waals surface area (Å²) in [6.07, 6.45) is 15.7.